The molecule has 2 unspecified atom stereocenters. The SMILES string of the molecule is CCC(C)(C(N)Cc1c(F)cccc1F)N(C)C. The number of halogens is 2. The first-order chi connectivity index (χ1) is 8.32. The zero-order valence-electron chi connectivity index (χ0n) is 11.5. The van der Waals surface area contributed by atoms with Crippen molar-refractivity contribution in [1.29, 1.82) is 0 Å². The van der Waals surface area contributed by atoms with Crippen LogP contribution in [0.4, 0.5) is 8.78 Å². The van der Waals surface area contributed by atoms with Crippen molar-refractivity contribution in [3.8, 4) is 0 Å². The van der Waals surface area contributed by atoms with E-state index in [9.17, 15) is 8.78 Å². The molecule has 0 radical (unpaired) electrons. The van der Waals surface area contributed by atoms with Crippen molar-refractivity contribution in [2.75, 3.05) is 14.1 Å². The average Bonchev–Trinajstić information content (AvgIpc) is 2.32. The molecule has 2 N–H and O–H groups in total. The molecule has 0 aliphatic rings. The molecule has 0 heterocycles. The first-order valence-electron chi connectivity index (χ1n) is 6.18. The fourth-order valence-corrected chi connectivity index (χ4v) is 2.08. The highest BCUT2D eigenvalue weighted by Crippen LogP contribution is 2.24. The first kappa shape index (κ1) is 15.1. The Labute approximate surface area is 108 Å². The predicted octanol–water partition coefficient (Wildman–Crippen LogP) is 2.56. The van der Waals surface area contributed by atoms with E-state index in [2.05, 4.69) is 0 Å². The molecule has 4 heteroatoms. The summed E-state index contributed by atoms with van der Waals surface area (Å²) in [7, 11) is 3.86. The highest BCUT2D eigenvalue weighted by Gasteiger charge is 2.33. The second kappa shape index (κ2) is 5.76. The maximum atomic E-state index is 13.6. The predicted molar refractivity (Wildman–Crippen MR) is 70.4 cm³/mol. The minimum absolute atomic E-state index is 0.0755. The van der Waals surface area contributed by atoms with E-state index in [4.69, 9.17) is 5.73 Å². The molecule has 0 spiro atoms. The van der Waals surface area contributed by atoms with Crippen molar-refractivity contribution in [3.63, 3.8) is 0 Å². The minimum Gasteiger partial charge on any atom is -0.326 e. The molecular formula is C14H22F2N2. The van der Waals surface area contributed by atoms with Crippen molar-refractivity contribution < 1.29 is 8.78 Å². The highest BCUT2D eigenvalue weighted by atomic mass is 19.1. The van der Waals surface area contributed by atoms with Crippen LogP contribution in [0, 0.1) is 11.6 Å². The van der Waals surface area contributed by atoms with E-state index in [1.54, 1.807) is 0 Å². The van der Waals surface area contributed by atoms with Gasteiger partial charge in [0.1, 0.15) is 11.6 Å². The third-order valence-corrected chi connectivity index (χ3v) is 4.02. The summed E-state index contributed by atoms with van der Waals surface area (Å²) in [5.74, 6) is -1.05. The summed E-state index contributed by atoms with van der Waals surface area (Å²) in [6.45, 7) is 4.04. The zero-order valence-corrected chi connectivity index (χ0v) is 11.5. The smallest absolute Gasteiger partial charge is 0.129 e. The van der Waals surface area contributed by atoms with Gasteiger partial charge in [0.2, 0.25) is 0 Å². The maximum absolute atomic E-state index is 13.6. The summed E-state index contributed by atoms with van der Waals surface area (Å²) in [6, 6.07) is 3.57. The van der Waals surface area contributed by atoms with Gasteiger partial charge in [0.25, 0.3) is 0 Å². The number of rotatable bonds is 5. The molecule has 0 aromatic heterocycles. The summed E-state index contributed by atoms with van der Waals surface area (Å²) < 4.78 is 27.2. The third-order valence-electron chi connectivity index (χ3n) is 4.02. The zero-order chi connectivity index (χ0) is 13.9. The van der Waals surface area contributed by atoms with Gasteiger partial charge in [0.15, 0.2) is 0 Å². The van der Waals surface area contributed by atoms with Gasteiger partial charge in [-0.2, -0.15) is 0 Å². The fourth-order valence-electron chi connectivity index (χ4n) is 2.08. The lowest BCUT2D eigenvalue weighted by Gasteiger charge is -2.41. The first-order valence-corrected chi connectivity index (χ1v) is 6.18. The summed E-state index contributed by atoms with van der Waals surface area (Å²) in [4.78, 5) is 2.01. The molecule has 0 bridgehead atoms. The van der Waals surface area contributed by atoms with Gasteiger partial charge in [-0.1, -0.05) is 13.0 Å². The fraction of sp³-hybridized carbons (Fsp3) is 0.571. The Balaban J connectivity index is 2.97. The quantitative estimate of drug-likeness (QED) is 0.877. The molecule has 2 nitrogen and oxygen atoms in total. The minimum atomic E-state index is -0.525. The van der Waals surface area contributed by atoms with Gasteiger partial charge in [-0.25, -0.2) is 8.78 Å². The Morgan fingerprint density at radius 1 is 1.28 bits per heavy atom. The summed E-state index contributed by atoms with van der Waals surface area (Å²) in [6.07, 6.45) is 1.01. The Kier molecular flexibility index (Phi) is 4.82. The Morgan fingerprint density at radius 3 is 2.17 bits per heavy atom. The molecule has 18 heavy (non-hydrogen) atoms. The molecule has 102 valence electrons. The number of nitrogens with two attached hydrogens (primary N) is 1. The summed E-state index contributed by atoms with van der Waals surface area (Å²) in [5, 5.41) is 0. The van der Waals surface area contributed by atoms with Crippen molar-refractivity contribution >= 4 is 0 Å². The van der Waals surface area contributed by atoms with Crippen LogP contribution in [-0.4, -0.2) is 30.6 Å². The topological polar surface area (TPSA) is 29.3 Å². The highest BCUT2D eigenvalue weighted by molar-refractivity contribution is 5.21. The van der Waals surface area contributed by atoms with E-state index in [0.717, 1.165) is 6.42 Å². The normalized spacial score (nSPS) is 16.7. The monoisotopic (exact) mass is 256 g/mol. The lowest BCUT2D eigenvalue weighted by atomic mass is 9.84. The molecule has 0 aliphatic heterocycles. The van der Waals surface area contributed by atoms with Crippen LogP contribution in [0.3, 0.4) is 0 Å². The number of benzene rings is 1. The van der Waals surface area contributed by atoms with E-state index < -0.39 is 11.6 Å². The Hall–Kier alpha value is -1.00. The van der Waals surface area contributed by atoms with Gasteiger partial charge in [0, 0.05) is 17.1 Å². The maximum Gasteiger partial charge on any atom is 0.129 e. The van der Waals surface area contributed by atoms with Gasteiger partial charge >= 0.3 is 0 Å². The standard InChI is InChI=1S/C14H22F2N2/c1-5-14(2,18(3)4)13(17)9-10-11(15)7-6-8-12(10)16/h6-8,13H,5,9,17H2,1-4H3. The second-order valence-electron chi connectivity index (χ2n) is 5.12. The Bertz CT molecular complexity index is 387. The lowest BCUT2D eigenvalue weighted by molar-refractivity contribution is 0.130. The lowest BCUT2D eigenvalue weighted by Crippen LogP contribution is -2.56. The molecular weight excluding hydrogens is 234 g/mol. The van der Waals surface area contributed by atoms with E-state index >= 15 is 0 Å². The van der Waals surface area contributed by atoms with Gasteiger partial charge in [-0.15, -0.1) is 0 Å². The van der Waals surface area contributed by atoms with Crippen LogP contribution in [0.25, 0.3) is 0 Å². The van der Waals surface area contributed by atoms with Gasteiger partial charge in [0.05, 0.1) is 0 Å². The molecule has 0 saturated carbocycles. The van der Waals surface area contributed by atoms with Crippen molar-refractivity contribution in [1.82, 2.24) is 4.90 Å². The molecule has 2 atom stereocenters. The van der Waals surface area contributed by atoms with Crippen molar-refractivity contribution in [3.05, 3.63) is 35.4 Å². The Morgan fingerprint density at radius 2 is 1.78 bits per heavy atom. The third kappa shape index (κ3) is 2.87. The van der Waals surface area contributed by atoms with Gasteiger partial charge in [-0.3, -0.25) is 0 Å². The van der Waals surface area contributed by atoms with Crippen LogP contribution >= 0.6 is 0 Å². The molecule has 1 aromatic rings. The molecule has 0 fully saturated rings. The number of hydrogen-bond acceptors (Lipinski definition) is 2. The van der Waals surface area contributed by atoms with Crippen LogP contribution < -0.4 is 5.73 Å². The largest absolute Gasteiger partial charge is 0.326 e. The summed E-state index contributed by atoms with van der Waals surface area (Å²) in [5.41, 5.74) is 5.95. The molecule has 1 rings (SSSR count). The second-order valence-corrected chi connectivity index (χ2v) is 5.12. The molecule has 0 aliphatic carbocycles. The molecule has 0 amide bonds. The number of nitrogens with zero attached hydrogens (tertiary/aromatic N) is 1. The van der Waals surface area contributed by atoms with Crippen molar-refractivity contribution in [2.24, 2.45) is 5.73 Å². The van der Waals surface area contributed by atoms with Crippen LogP contribution in [0.2, 0.25) is 0 Å². The van der Waals surface area contributed by atoms with Crippen LogP contribution in [-0.2, 0) is 6.42 Å². The van der Waals surface area contributed by atoms with Gasteiger partial charge < -0.3 is 10.6 Å². The van der Waals surface area contributed by atoms with E-state index in [0.29, 0.717) is 0 Å². The van der Waals surface area contributed by atoms with E-state index in [-0.39, 0.29) is 23.6 Å². The van der Waals surface area contributed by atoms with Gasteiger partial charge in [-0.05, 0) is 46.0 Å². The molecule has 1 aromatic carbocycles. The van der Waals surface area contributed by atoms with E-state index in [1.165, 1.54) is 18.2 Å². The summed E-state index contributed by atoms with van der Waals surface area (Å²) >= 11 is 0. The van der Waals surface area contributed by atoms with Crippen LogP contribution in [0.5, 0.6) is 0 Å². The molecule has 0 saturated heterocycles. The van der Waals surface area contributed by atoms with E-state index in [1.807, 2.05) is 32.8 Å². The average molecular weight is 256 g/mol. The van der Waals surface area contributed by atoms with Crippen LogP contribution in [0.1, 0.15) is 25.8 Å². The number of hydrogen-bond donors (Lipinski definition) is 1. The van der Waals surface area contributed by atoms with Crippen molar-refractivity contribution in [2.45, 2.75) is 38.3 Å². The number of likely N-dealkylation sites (N-methyl/N-ethyl adjacent to an activating group) is 1. The van der Waals surface area contributed by atoms with Crippen LogP contribution in [0.15, 0.2) is 18.2 Å².